The molecule has 0 saturated carbocycles. The van der Waals surface area contributed by atoms with Crippen LogP contribution < -0.4 is 5.43 Å². The summed E-state index contributed by atoms with van der Waals surface area (Å²) in [5.41, 5.74) is 7.80. The highest BCUT2D eigenvalue weighted by atomic mass is 16.2. The molecule has 0 spiro atoms. The predicted molar refractivity (Wildman–Crippen MR) is 120 cm³/mol. The molecule has 146 valence electrons. The molecule has 2 heterocycles. The highest BCUT2D eigenvalue weighted by Crippen LogP contribution is 2.21. The zero-order valence-electron chi connectivity index (χ0n) is 16.3. The number of imidazole rings is 1. The zero-order valence-corrected chi connectivity index (χ0v) is 16.3. The van der Waals surface area contributed by atoms with E-state index in [-0.39, 0.29) is 5.91 Å². The van der Waals surface area contributed by atoms with Gasteiger partial charge in [0.2, 0.25) is 0 Å². The number of hydrogen-bond donors (Lipinski definition) is 2. The monoisotopic (exact) mass is 393 g/mol. The number of H-pyrrole nitrogens is 1. The molecule has 0 aliphatic heterocycles. The van der Waals surface area contributed by atoms with Gasteiger partial charge in [-0.15, -0.1) is 0 Å². The second-order valence-corrected chi connectivity index (χ2v) is 7.09. The first-order valence-corrected chi connectivity index (χ1v) is 9.62. The van der Waals surface area contributed by atoms with Crippen molar-refractivity contribution in [2.75, 3.05) is 0 Å². The van der Waals surface area contributed by atoms with Crippen LogP contribution in [0.25, 0.3) is 33.3 Å². The van der Waals surface area contributed by atoms with Crippen LogP contribution in [0.5, 0.6) is 0 Å². The highest BCUT2D eigenvalue weighted by molar-refractivity contribution is 6.01. The fourth-order valence-corrected chi connectivity index (χ4v) is 3.58. The van der Waals surface area contributed by atoms with E-state index >= 15 is 0 Å². The maximum absolute atomic E-state index is 12.6. The Morgan fingerprint density at radius 3 is 2.73 bits per heavy atom. The Morgan fingerprint density at radius 2 is 1.87 bits per heavy atom. The molecule has 30 heavy (non-hydrogen) atoms. The average Bonchev–Trinajstić information content (AvgIpc) is 3.35. The number of hydrazone groups is 1. The fourth-order valence-electron chi connectivity index (χ4n) is 3.58. The number of benzene rings is 3. The van der Waals surface area contributed by atoms with Crippen LogP contribution in [0.3, 0.4) is 0 Å². The zero-order chi connectivity index (χ0) is 20.5. The van der Waals surface area contributed by atoms with E-state index < -0.39 is 0 Å². The highest BCUT2D eigenvalue weighted by Gasteiger charge is 2.10. The van der Waals surface area contributed by atoms with Gasteiger partial charge in [0.15, 0.2) is 0 Å². The number of aromatic nitrogens is 3. The maximum atomic E-state index is 12.6. The molecule has 5 rings (SSSR count). The third-order valence-corrected chi connectivity index (χ3v) is 5.09. The molecule has 2 aromatic heterocycles. The molecule has 0 aliphatic carbocycles. The summed E-state index contributed by atoms with van der Waals surface area (Å²) in [5.74, 6) is 0.501. The Balaban J connectivity index is 1.36. The number of para-hydroxylation sites is 1. The topological polar surface area (TPSA) is 75.1 Å². The van der Waals surface area contributed by atoms with Gasteiger partial charge in [-0.05, 0) is 24.3 Å². The summed E-state index contributed by atoms with van der Waals surface area (Å²) >= 11 is 0. The van der Waals surface area contributed by atoms with Crippen molar-refractivity contribution in [3.63, 3.8) is 0 Å². The summed E-state index contributed by atoms with van der Waals surface area (Å²) < 4.78 is 2.04. The number of rotatable bonds is 4. The molecule has 1 amide bonds. The number of nitrogens with zero attached hydrogens (tertiary/aromatic N) is 3. The molecule has 0 bridgehead atoms. The third-order valence-electron chi connectivity index (χ3n) is 5.09. The van der Waals surface area contributed by atoms with Crippen LogP contribution in [0.2, 0.25) is 0 Å². The first kappa shape index (κ1) is 17.9. The molecular weight excluding hydrogens is 374 g/mol. The smallest absolute Gasteiger partial charge is 0.271 e. The second kappa shape index (κ2) is 7.33. The number of aromatic amines is 1. The number of aryl methyl sites for hydroxylation is 1. The number of fused-ring (bicyclic) bond motifs is 2. The molecule has 0 radical (unpaired) electrons. The number of amides is 1. The van der Waals surface area contributed by atoms with Gasteiger partial charge in [-0.2, -0.15) is 5.10 Å². The molecule has 0 atom stereocenters. The second-order valence-electron chi connectivity index (χ2n) is 7.09. The summed E-state index contributed by atoms with van der Waals surface area (Å²) in [7, 11) is 1.99. The van der Waals surface area contributed by atoms with E-state index in [2.05, 4.69) is 26.6 Å². The van der Waals surface area contributed by atoms with Crippen LogP contribution in [-0.4, -0.2) is 26.7 Å². The minimum absolute atomic E-state index is 0.274. The van der Waals surface area contributed by atoms with Crippen molar-refractivity contribution in [1.82, 2.24) is 20.0 Å². The predicted octanol–water partition coefficient (Wildman–Crippen LogP) is 4.49. The molecule has 0 unspecified atom stereocenters. The molecule has 2 N–H and O–H groups in total. The third kappa shape index (κ3) is 3.24. The lowest BCUT2D eigenvalue weighted by Crippen LogP contribution is -2.17. The van der Waals surface area contributed by atoms with Gasteiger partial charge in [0.1, 0.15) is 5.82 Å². The molecule has 6 nitrogen and oxygen atoms in total. The van der Waals surface area contributed by atoms with E-state index in [0.29, 0.717) is 5.56 Å². The summed E-state index contributed by atoms with van der Waals surface area (Å²) in [4.78, 5) is 20.4. The molecule has 0 saturated heterocycles. The van der Waals surface area contributed by atoms with Crippen LogP contribution in [0.15, 0.2) is 84.1 Å². The van der Waals surface area contributed by atoms with Gasteiger partial charge < -0.3 is 9.55 Å². The van der Waals surface area contributed by atoms with E-state index in [1.807, 2.05) is 72.4 Å². The summed E-state index contributed by atoms with van der Waals surface area (Å²) in [6.07, 6.45) is 3.66. The van der Waals surface area contributed by atoms with E-state index in [0.717, 1.165) is 38.9 Å². The normalized spacial score (nSPS) is 11.5. The molecule has 5 aromatic rings. The number of carbonyl (C=O) groups is 1. The van der Waals surface area contributed by atoms with Crippen molar-refractivity contribution in [2.45, 2.75) is 0 Å². The molecule has 0 aliphatic rings. The van der Waals surface area contributed by atoms with Crippen LogP contribution in [0, 0.1) is 0 Å². The Hall–Kier alpha value is -4.19. The first-order chi connectivity index (χ1) is 14.7. The average molecular weight is 393 g/mol. The van der Waals surface area contributed by atoms with Crippen molar-refractivity contribution in [3.05, 3.63) is 90.1 Å². The Morgan fingerprint density at radius 1 is 1.07 bits per heavy atom. The largest absolute Gasteiger partial charge is 0.350 e. The van der Waals surface area contributed by atoms with Gasteiger partial charge in [0, 0.05) is 40.8 Å². The Kier molecular flexibility index (Phi) is 4.37. The van der Waals surface area contributed by atoms with Crippen molar-refractivity contribution < 1.29 is 4.79 Å². The van der Waals surface area contributed by atoms with Gasteiger partial charge in [-0.1, -0.05) is 48.5 Å². The first-order valence-electron chi connectivity index (χ1n) is 9.62. The van der Waals surface area contributed by atoms with E-state index in [4.69, 9.17) is 0 Å². The van der Waals surface area contributed by atoms with E-state index in [1.165, 1.54) is 0 Å². The molecular formula is C24H19N5O. The molecule has 0 fully saturated rings. The van der Waals surface area contributed by atoms with Crippen LogP contribution in [0.1, 0.15) is 15.9 Å². The van der Waals surface area contributed by atoms with Gasteiger partial charge in [0.05, 0.1) is 17.2 Å². The minimum Gasteiger partial charge on any atom is -0.350 e. The summed E-state index contributed by atoms with van der Waals surface area (Å²) in [6, 6.07) is 23.3. The molecule has 6 heteroatoms. The quantitative estimate of drug-likeness (QED) is 0.349. The van der Waals surface area contributed by atoms with Crippen molar-refractivity contribution in [3.8, 4) is 11.4 Å². The standard InChI is InChI=1S/C24H19N5O/c1-29-15-18(19-9-5-6-10-22(19)29)14-25-28-24(30)17-11-12-20-21(13-17)27-23(26-20)16-7-3-2-4-8-16/h2-15H,1H3,(H,26,27)(H,28,30)/b25-14+. The Bertz CT molecular complexity index is 1400. The lowest BCUT2D eigenvalue weighted by atomic mass is 10.2. The van der Waals surface area contributed by atoms with Crippen LogP contribution in [0.4, 0.5) is 0 Å². The van der Waals surface area contributed by atoms with Crippen LogP contribution in [-0.2, 0) is 7.05 Å². The minimum atomic E-state index is -0.274. The molecule has 3 aromatic carbocycles. The fraction of sp³-hybridized carbons (Fsp3) is 0.0417. The lowest BCUT2D eigenvalue weighted by Gasteiger charge is -1.99. The van der Waals surface area contributed by atoms with Crippen molar-refractivity contribution >= 4 is 34.1 Å². The van der Waals surface area contributed by atoms with E-state index in [9.17, 15) is 4.79 Å². The Labute approximate surface area is 172 Å². The van der Waals surface area contributed by atoms with Crippen molar-refractivity contribution in [1.29, 1.82) is 0 Å². The van der Waals surface area contributed by atoms with E-state index in [1.54, 1.807) is 18.3 Å². The summed E-state index contributed by atoms with van der Waals surface area (Å²) in [6.45, 7) is 0. The maximum Gasteiger partial charge on any atom is 0.271 e. The number of carbonyl (C=O) groups excluding carboxylic acids is 1. The van der Waals surface area contributed by atoms with Gasteiger partial charge in [0.25, 0.3) is 5.91 Å². The van der Waals surface area contributed by atoms with Crippen LogP contribution >= 0.6 is 0 Å². The number of hydrogen-bond acceptors (Lipinski definition) is 3. The number of nitrogens with one attached hydrogen (secondary N) is 2. The SMILES string of the molecule is Cn1cc(/C=N/NC(=O)c2ccc3nc(-c4ccccc4)[nH]c3c2)c2ccccc21. The van der Waals surface area contributed by atoms with Gasteiger partial charge >= 0.3 is 0 Å². The van der Waals surface area contributed by atoms with Gasteiger partial charge in [-0.3, -0.25) is 4.79 Å². The lowest BCUT2D eigenvalue weighted by molar-refractivity contribution is 0.0955. The summed E-state index contributed by atoms with van der Waals surface area (Å²) in [5, 5.41) is 5.24. The van der Waals surface area contributed by atoms with Gasteiger partial charge in [-0.25, -0.2) is 10.4 Å². The van der Waals surface area contributed by atoms with Crippen molar-refractivity contribution in [2.24, 2.45) is 12.1 Å².